The lowest BCUT2D eigenvalue weighted by atomic mass is 9.79. The van der Waals surface area contributed by atoms with E-state index in [1.807, 2.05) is 0 Å². The molecule has 8 heteroatoms. The first-order valence-corrected chi connectivity index (χ1v) is 6.03. The Morgan fingerprint density at radius 1 is 1.59 bits per heavy atom. The minimum absolute atomic E-state index is 0.0544. The molecule has 1 aliphatic heterocycles. The van der Waals surface area contributed by atoms with Crippen LogP contribution in [0.5, 0.6) is 0 Å². The van der Waals surface area contributed by atoms with E-state index in [0.717, 1.165) is 0 Å². The van der Waals surface area contributed by atoms with E-state index < -0.39 is 35.5 Å². The molecule has 1 atom stereocenters. The Bertz CT molecular complexity index is 506. The number of hydrogen-bond donors (Lipinski definition) is 2. The highest BCUT2D eigenvalue weighted by atomic mass is 32.2. The van der Waals surface area contributed by atoms with Crippen molar-refractivity contribution in [1.29, 1.82) is 0 Å². The van der Waals surface area contributed by atoms with Crippen molar-refractivity contribution in [2.24, 2.45) is 0 Å². The SMILES string of the molecule is O=C(O)C[S@@](=O)c1ccc2c(c1F)B(O)OC2. The summed E-state index contributed by atoms with van der Waals surface area (Å²) in [5.41, 5.74) is 0.423. The fraction of sp³-hybridized carbons (Fsp3) is 0.222. The average molecular weight is 258 g/mol. The number of fused-ring (bicyclic) bond motifs is 1. The zero-order valence-electron chi connectivity index (χ0n) is 8.55. The number of aliphatic carboxylic acids is 1. The molecule has 17 heavy (non-hydrogen) atoms. The number of carboxylic acids is 1. The van der Waals surface area contributed by atoms with Crippen LogP contribution in [-0.2, 0) is 26.9 Å². The van der Waals surface area contributed by atoms with E-state index in [2.05, 4.69) is 0 Å². The van der Waals surface area contributed by atoms with Crippen LogP contribution in [0.3, 0.4) is 0 Å². The molecule has 1 aromatic carbocycles. The maximum Gasteiger partial charge on any atom is 0.494 e. The lowest BCUT2D eigenvalue weighted by molar-refractivity contribution is -0.133. The van der Waals surface area contributed by atoms with E-state index in [1.54, 1.807) is 0 Å². The van der Waals surface area contributed by atoms with E-state index >= 15 is 0 Å². The second kappa shape index (κ2) is 4.56. The molecule has 0 saturated carbocycles. The van der Waals surface area contributed by atoms with Crippen LogP contribution in [0.25, 0.3) is 0 Å². The van der Waals surface area contributed by atoms with Crippen molar-refractivity contribution < 1.29 is 28.2 Å². The molecule has 0 unspecified atom stereocenters. The van der Waals surface area contributed by atoms with Crippen molar-refractivity contribution in [2.45, 2.75) is 11.5 Å². The molecular formula is C9H8BFO5S. The molecule has 2 rings (SSSR count). The maximum atomic E-state index is 13.9. The third-order valence-corrected chi connectivity index (χ3v) is 3.69. The molecule has 90 valence electrons. The molecule has 0 amide bonds. The Kier molecular flexibility index (Phi) is 3.27. The topological polar surface area (TPSA) is 83.8 Å². The number of benzene rings is 1. The van der Waals surface area contributed by atoms with Crippen molar-refractivity contribution in [1.82, 2.24) is 0 Å². The largest absolute Gasteiger partial charge is 0.494 e. The number of carboxylic acid groups (broad SMARTS) is 1. The van der Waals surface area contributed by atoms with Crippen molar-refractivity contribution >= 4 is 29.4 Å². The zero-order valence-corrected chi connectivity index (χ0v) is 9.37. The van der Waals surface area contributed by atoms with E-state index in [0.29, 0.717) is 5.56 Å². The van der Waals surface area contributed by atoms with Crippen molar-refractivity contribution in [3.63, 3.8) is 0 Å². The smallest absolute Gasteiger partial charge is 0.481 e. The van der Waals surface area contributed by atoms with Crippen molar-refractivity contribution in [2.75, 3.05) is 5.75 Å². The summed E-state index contributed by atoms with van der Waals surface area (Å²) < 4.78 is 30.3. The van der Waals surface area contributed by atoms with Crippen LogP contribution in [0, 0.1) is 5.82 Å². The summed E-state index contributed by atoms with van der Waals surface area (Å²) in [5, 5.41) is 17.9. The molecule has 0 radical (unpaired) electrons. The van der Waals surface area contributed by atoms with Crippen molar-refractivity contribution in [3.05, 3.63) is 23.5 Å². The van der Waals surface area contributed by atoms with Gasteiger partial charge < -0.3 is 14.8 Å². The van der Waals surface area contributed by atoms with Crippen LogP contribution in [0.4, 0.5) is 4.39 Å². The van der Waals surface area contributed by atoms with Gasteiger partial charge >= 0.3 is 13.1 Å². The van der Waals surface area contributed by atoms with Crippen molar-refractivity contribution in [3.8, 4) is 0 Å². The molecule has 0 spiro atoms. The van der Waals surface area contributed by atoms with Gasteiger partial charge in [0.05, 0.1) is 22.3 Å². The first-order chi connectivity index (χ1) is 8.00. The third-order valence-electron chi connectivity index (χ3n) is 2.38. The van der Waals surface area contributed by atoms with E-state index in [4.69, 9.17) is 9.76 Å². The lowest BCUT2D eigenvalue weighted by Gasteiger charge is -2.06. The summed E-state index contributed by atoms with van der Waals surface area (Å²) in [4.78, 5) is 10.2. The summed E-state index contributed by atoms with van der Waals surface area (Å²) in [7, 11) is -3.36. The summed E-state index contributed by atoms with van der Waals surface area (Å²) in [6.45, 7) is 0.0826. The minimum Gasteiger partial charge on any atom is -0.481 e. The van der Waals surface area contributed by atoms with Gasteiger partial charge in [-0.2, -0.15) is 0 Å². The van der Waals surface area contributed by atoms with Crippen LogP contribution in [-0.4, -0.2) is 33.2 Å². The van der Waals surface area contributed by atoms with Gasteiger partial charge in [0.2, 0.25) is 0 Å². The fourth-order valence-electron chi connectivity index (χ4n) is 1.62. The highest BCUT2D eigenvalue weighted by Gasteiger charge is 2.33. The van der Waals surface area contributed by atoms with Gasteiger partial charge in [-0.25, -0.2) is 4.39 Å². The van der Waals surface area contributed by atoms with E-state index in [1.165, 1.54) is 12.1 Å². The normalized spacial score (nSPS) is 15.8. The van der Waals surface area contributed by atoms with Crippen LogP contribution >= 0.6 is 0 Å². The molecule has 0 saturated heterocycles. The van der Waals surface area contributed by atoms with Gasteiger partial charge in [0.25, 0.3) is 0 Å². The molecule has 2 N–H and O–H groups in total. The summed E-state index contributed by atoms with van der Waals surface area (Å²) >= 11 is 0. The molecule has 0 bridgehead atoms. The predicted molar refractivity (Wildman–Crippen MR) is 57.7 cm³/mol. The lowest BCUT2D eigenvalue weighted by Crippen LogP contribution is -2.32. The van der Waals surface area contributed by atoms with E-state index in [9.17, 15) is 18.4 Å². The number of carbonyl (C=O) groups is 1. The van der Waals surface area contributed by atoms with Crippen LogP contribution in [0.15, 0.2) is 17.0 Å². The van der Waals surface area contributed by atoms with Crippen LogP contribution < -0.4 is 5.46 Å². The molecule has 5 nitrogen and oxygen atoms in total. The van der Waals surface area contributed by atoms with Gasteiger partial charge in [0.1, 0.15) is 11.6 Å². The zero-order chi connectivity index (χ0) is 12.6. The summed E-state index contributed by atoms with van der Waals surface area (Å²) in [5.74, 6) is -2.81. The molecule has 1 aromatic rings. The second-order valence-electron chi connectivity index (χ2n) is 3.50. The van der Waals surface area contributed by atoms with Gasteiger partial charge in [-0.05, 0) is 11.6 Å². The fourth-order valence-corrected chi connectivity index (χ4v) is 2.53. The Morgan fingerprint density at radius 3 is 2.94 bits per heavy atom. The monoisotopic (exact) mass is 258 g/mol. The Hall–Kier alpha value is -1.25. The molecular weight excluding hydrogens is 250 g/mol. The second-order valence-corrected chi connectivity index (χ2v) is 4.92. The van der Waals surface area contributed by atoms with Gasteiger partial charge in [-0.15, -0.1) is 0 Å². The molecule has 0 aromatic heterocycles. The minimum atomic E-state index is -1.97. The number of hydrogen-bond acceptors (Lipinski definition) is 4. The average Bonchev–Trinajstić information content (AvgIpc) is 2.60. The van der Waals surface area contributed by atoms with Gasteiger partial charge in [-0.1, -0.05) is 6.07 Å². The molecule has 0 fully saturated rings. The first-order valence-electron chi connectivity index (χ1n) is 4.72. The highest BCUT2D eigenvalue weighted by Crippen LogP contribution is 2.18. The molecule has 0 aliphatic carbocycles. The van der Waals surface area contributed by atoms with E-state index in [-0.39, 0.29) is 17.0 Å². The summed E-state index contributed by atoms with van der Waals surface area (Å²) in [6, 6.07) is 2.73. The van der Waals surface area contributed by atoms with Gasteiger partial charge in [-0.3, -0.25) is 9.00 Å². The van der Waals surface area contributed by atoms with Gasteiger partial charge in [0, 0.05) is 5.46 Å². The number of rotatable bonds is 3. The Morgan fingerprint density at radius 2 is 2.29 bits per heavy atom. The Labute approximate surface area is 98.8 Å². The highest BCUT2D eigenvalue weighted by molar-refractivity contribution is 7.85. The maximum absolute atomic E-state index is 13.9. The molecule has 1 aliphatic rings. The summed E-state index contributed by atoms with van der Waals surface area (Å²) in [6.07, 6.45) is 0. The number of halogens is 1. The molecule has 1 heterocycles. The van der Waals surface area contributed by atoms with Gasteiger partial charge in [0.15, 0.2) is 0 Å². The predicted octanol–water partition coefficient (Wildman–Crippen LogP) is -0.764. The third kappa shape index (κ3) is 2.24. The standard InChI is InChI=1S/C9H8BFO5S/c11-9-6(17(15)4-7(12)13)2-1-5-3-16-10(14)8(5)9/h1-2,14H,3-4H2,(H,12,13)/t17-/m1/s1. The van der Waals surface area contributed by atoms with Crippen LogP contribution in [0.2, 0.25) is 0 Å². The first kappa shape index (κ1) is 12.2. The van der Waals surface area contributed by atoms with Crippen LogP contribution in [0.1, 0.15) is 5.56 Å². The Balaban J connectivity index is 2.41. The quantitative estimate of drug-likeness (QED) is 0.696.